The molecule has 3 heterocycles. The summed E-state index contributed by atoms with van der Waals surface area (Å²) in [5, 5.41) is 1.21. The van der Waals surface area contributed by atoms with Crippen molar-refractivity contribution in [1.82, 2.24) is 14.8 Å². The summed E-state index contributed by atoms with van der Waals surface area (Å²) in [4.78, 5) is 11.5. The predicted octanol–water partition coefficient (Wildman–Crippen LogP) is 3.38. The van der Waals surface area contributed by atoms with Gasteiger partial charge in [0.15, 0.2) is 0 Å². The van der Waals surface area contributed by atoms with E-state index in [1.165, 1.54) is 67.4 Å². The number of thiazole rings is 1. The lowest BCUT2D eigenvalue weighted by atomic mass is 10.0. The smallest absolute Gasteiger partial charge is 0.0900 e. The second-order valence-corrected chi connectivity index (χ2v) is 7.63. The molecular formula is C16H27N3S. The van der Waals surface area contributed by atoms with Crippen molar-refractivity contribution in [1.29, 1.82) is 0 Å². The molecule has 2 saturated heterocycles. The monoisotopic (exact) mass is 293 g/mol. The Morgan fingerprint density at radius 2 is 1.95 bits per heavy atom. The van der Waals surface area contributed by atoms with Crippen LogP contribution in [0.25, 0.3) is 0 Å². The molecule has 1 aromatic rings. The maximum atomic E-state index is 4.61. The average Bonchev–Trinajstić information content (AvgIpc) is 2.65. The molecule has 2 fully saturated rings. The van der Waals surface area contributed by atoms with E-state index in [1.54, 1.807) is 0 Å². The van der Waals surface area contributed by atoms with Crippen LogP contribution in [0.15, 0.2) is 0 Å². The van der Waals surface area contributed by atoms with Crippen molar-refractivity contribution in [2.24, 2.45) is 0 Å². The Bertz CT molecular complexity index is 457. The van der Waals surface area contributed by atoms with E-state index in [0.29, 0.717) is 6.04 Å². The van der Waals surface area contributed by atoms with Crippen LogP contribution >= 0.6 is 11.3 Å². The Hall–Kier alpha value is -0.450. The predicted molar refractivity (Wildman–Crippen MR) is 85.4 cm³/mol. The van der Waals surface area contributed by atoms with Crippen LogP contribution < -0.4 is 0 Å². The molecule has 2 aliphatic rings. The number of aromatic nitrogens is 1. The van der Waals surface area contributed by atoms with Crippen LogP contribution in [0.5, 0.6) is 0 Å². The molecule has 112 valence electrons. The topological polar surface area (TPSA) is 19.4 Å². The number of hydrogen-bond acceptors (Lipinski definition) is 4. The summed E-state index contributed by atoms with van der Waals surface area (Å²) in [7, 11) is 0. The fraction of sp³-hybridized carbons (Fsp3) is 0.812. The largest absolute Gasteiger partial charge is 0.299 e. The highest BCUT2D eigenvalue weighted by atomic mass is 32.1. The molecule has 3 rings (SSSR count). The number of hydrogen-bond donors (Lipinski definition) is 0. The molecule has 3 nitrogen and oxygen atoms in total. The van der Waals surface area contributed by atoms with Crippen molar-refractivity contribution in [3.8, 4) is 0 Å². The summed E-state index contributed by atoms with van der Waals surface area (Å²) in [6, 6.07) is 1.33. The minimum Gasteiger partial charge on any atom is -0.299 e. The second kappa shape index (κ2) is 6.12. The van der Waals surface area contributed by atoms with Gasteiger partial charge in [0.1, 0.15) is 0 Å². The molecule has 2 unspecified atom stereocenters. The van der Waals surface area contributed by atoms with Gasteiger partial charge >= 0.3 is 0 Å². The van der Waals surface area contributed by atoms with E-state index in [0.717, 1.165) is 6.04 Å². The van der Waals surface area contributed by atoms with E-state index in [-0.39, 0.29) is 0 Å². The van der Waals surface area contributed by atoms with Gasteiger partial charge in [0.25, 0.3) is 0 Å². The van der Waals surface area contributed by atoms with Gasteiger partial charge in [-0.3, -0.25) is 9.80 Å². The van der Waals surface area contributed by atoms with Gasteiger partial charge < -0.3 is 0 Å². The lowest BCUT2D eigenvalue weighted by Crippen LogP contribution is -2.44. The van der Waals surface area contributed by atoms with Crippen LogP contribution in [0.1, 0.15) is 54.2 Å². The zero-order chi connectivity index (χ0) is 14.1. The standard InChI is InChI=1S/C16H27N3S/c1-12-16(20-14(3)17-12)13(2)19-10-6-9-18-8-5-4-7-15(18)11-19/h13,15H,4-11H2,1-3H3. The molecule has 2 atom stereocenters. The molecule has 1 aromatic heterocycles. The van der Waals surface area contributed by atoms with Gasteiger partial charge in [-0.15, -0.1) is 11.3 Å². The normalized spacial score (nSPS) is 27.1. The number of piperidine rings is 1. The highest BCUT2D eigenvalue weighted by Gasteiger charge is 2.30. The highest BCUT2D eigenvalue weighted by molar-refractivity contribution is 7.11. The number of aryl methyl sites for hydroxylation is 2. The minimum absolute atomic E-state index is 0.531. The highest BCUT2D eigenvalue weighted by Crippen LogP contribution is 2.31. The van der Waals surface area contributed by atoms with Crippen LogP contribution in [-0.4, -0.2) is 47.0 Å². The number of fused-ring (bicyclic) bond motifs is 1. The zero-order valence-electron chi connectivity index (χ0n) is 13.1. The first kappa shape index (κ1) is 14.5. The quantitative estimate of drug-likeness (QED) is 0.833. The van der Waals surface area contributed by atoms with Crippen molar-refractivity contribution in [3.63, 3.8) is 0 Å². The van der Waals surface area contributed by atoms with Crippen molar-refractivity contribution in [3.05, 3.63) is 15.6 Å². The van der Waals surface area contributed by atoms with Crippen molar-refractivity contribution < 1.29 is 0 Å². The lowest BCUT2D eigenvalue weighted by molar-refractivity contribution is 0.123. The van der Waals surface area contributed by atoms with E-state index in [2.05, 4.69) is 35.6 Å². The molecule has 2 aliphatic heterocycles. The Balaban J connectivity index is 1.74. The van der Waals surface area contributed by atoms with Gasteiger partial charge in [0.2, 0.25) is 0 Å². The summed E-state index contributed by atoms with van der Waals surface area (Å²) in [5.41, 5.74) is 1.24. The number of rotatable bonds is 2. The first-order chi connectivity index (χ1) is 9.65. The van der Waals surface area contributed by atoms with Crippen LogP contribution in [0, 0.1) is 13.8 Å². The molecule has 0 N–H and O–H groups in total. The summed E-state index contributed by atoms with van der Waals surface area (Å²) >= 11 is 1.89. The number of nitrogens with zero attached hydrogens (tertiary/aromatic N) is 3. The molecule has 0 saturated carbocycles. The molecule has 0 bridgehead atoms. The molecule has 4 heteroatoms. The van der Waals surface area contributed by atoms with E-state index in [1.807, 2.05) is 11.3 Å². The van der Waals surface area contributed by atoms with Gasteiger partial charge in [-0.2, -0.15) is 0 Å². The Morgan fingerprint density at radius 3 is 2.70 bits per heavy atom. The van der Waals surface area contributed by atoms with Crippen molar-refractivity contribution in [2.45, 2.75) is 58.5 Å². The summed E-state index contributed by atoms with van der Waals surface area (Å²) in [5.74, 6) is 0. The zero-order valence-corrected chi connectivity index (χ0v) is 13.9. The van der Waals surface area contributed by atoms with Crippen LogP contribution in [0.2, 0.25) is 0 Å². The molecule has 20 heavy (non-hydrogen) atoms. The van der Waals surface area contributed by atoms with Gasteiger partial charge in [0, 0.05) is 30.1 Å². The molecule has 0 amide bonds. The van der Waals surface area contributed by atoms with Crippen molar-refractivity contribution in [2.75, 3.05) is 26.2 Å². The summed E-state index contributed by atoms with van der Waals surface area (Å²) in [6.07, 6.45) is 5.53. The van der Waals surface area contributed by atoms with Gasteiger partial charge in [-0.05, 0) is 53.1 Å². The second-order valence-electron chi connectivity index (χ2n) is 6.39. The minimum atomic E-state index is 0.531. The Labute approximate surface area is 127 Å². The van der Waals surface area contributed by atoms with Crippen molar-refractivity contribution >= 4 is 11.3 Å². The molecule has 0 aliphatic carbocycles. The maximum absolute atomic E-state index is 4.61. The fourth-order valence-corrected chi connectivity index (χ4v) is 4.87. The first-order valence-electron chi connectivity index (χ1n) is 8.07. The third-order valence-electron chi connectivity index (χ3n) is 4.95. The Morgan fingerprint density at radius 1 is 1.15 bits per heavy atom. The third kappa shape index (κ3) is 2.92. The third-order valence-corrected chi connectivity index (χ3v) is 6.19. The van der Waals surface area contributed by atoms with Gasteiger partial charge in [0.05, 0.1) is 10.7 Å². The van der Waals surface area contributed by atoms with E-state index in [9.17, 15) is 0 Å². The van der Waals surface area contributed by atoms with E-state index in [4.69, 9.17) is 0 Å². The average molecular weight is 293 g/mol. The summed E-state index contributed by atoms with van der Waals surface area (Å²) < 4.78 is 0. The maximum Gasteiger partial charge on any atom is 0.0900 e. The SMILES string of the molecule is Cc1nc(C)c(C(C)N2CCCN3CCCCC3C2)s1. The van der Waals surface area contributed by atoms with Crippen LogP contribution in [0.4, 0.5) is 0 Å². The van der Waals surface area contributed by atoms with E-state index >= 15 is 0 Å². The lowest BCUT2D eigenvalue weighted by Gasteiger charge is -2.36. The van der Waals surface area contributed by atoms with E-state index < -0.39 is 0 Å². The Kier molecular flexibility index (Phi) is 4.43. The molecular weight excluding hydrogens is 266 g/mol. The van der Waals surface area contributed by atoms with Gasteiger partial charge in [-0.25, -0.2) is 4.98 Å². The first-order valence-corrected chi connectivity index (χ1v) is 8.89. The van der Waals surface area contributed by atoms with Gasteiger partial charge in [-0.1, -0.05) is 6.42 Å². The molecule has 0 aromatic carbocycles. The van der Waals surface area contributed by atoms with Crippen LogP contribution in [-0.2, 0) is 0 Å². The fourth-order valence-electron chi connectivity index (χ4n) is 3.85. The molecule has 0 radical (unpaired) electrons. The summed E-state index contributed by atoms with van der Waals surface area (Å²) in [6.45, 7) is 11.8. The molecule has 0 spiro atoms. The van der Waals surface area contributed by atoms with Crippen LogP contribution in [0.3, 0.4) is 0 Å².